The van der Waals surface area contributed by atoms with Gasteiger partial charge in [-0.05, 0) is 23.9 Å². The molecule has 0 radical (unpaired) electrons. The molecule has 1 heterocycles. The Bertz CT molecular complexity index is 626. The van der Waals surface area contributed by atoms with Crippen LogP contribution in [0.1, 0.15) is 36.2 Å². The zero-order valence-corrected chi connectivity index (χ0v) is 10.0. The Hall–Kier alpha value is -1.90. The molecule has 3 heteroatoms. The minimum absolute atomic E-state index is 0.0514. The van der Waals surface area contributed by atoms with Crippen molar-refractivity contribution in [2.24, 2.45) is 0 Å². The molecule has 0 saturated carbocycles. The van der Waals surface area contributed by atoms with Crippen LogP contribution in [-0.2, 0) is 6.42 Å². The number of carbonyl (C=O) groups excluding carboxylic acids is 1. The summed E-state index contributed by atoms with van der Waals surface area (Å²) in [6.45, 7) is 3.76. The number of rotatable bonds is 3. The summed E-state index contributed by atoms with van der Waals surface area (Å²) < 4.78 is 0. The van der Waals surface area contributed by atoms with E-state index in [1.807, 2.05) is 32.0 Å². The summed E-state index contributed by atoms with van der Waals surface area (Å²) in [6.07, 6.45) is 1.13. The van der Waals surface area contributed by atoms with Crippen molar-refractivity contribution >= 4 is 16.7 Å². The molecule has 0 fully saturated rings. The summed E-state index contributed by atoms with van der Waals surface area (Å²) in [5.41, 5.74) is 1.90. The van der Waals surface area contributed by atoms with Crippen LogP contribution in [-0.4, -0.2) is 10.8 Å². The van der Waals surface area contributed by atoms with Gasteiger partial charge < -0.3 is 4.98 Å². The molecule has 1 N–H and O–H groups in total. The maximum Gasteiger partial charge on any atom is 0.251 e. The number of aryl methyl sites for hydroxylation is 1. The van der Waals surface area contributed by atoms with Crippen molar-refractivity contribution in [2.75, 3.05) is 0 Å². The standard InChI is InChI=1S/C14H15NO2/c1-3-9-8-10-6-5-7-11(12(16)4-2)13(10)15-14(9)17/h5-8H,3-4H2,1-2H3,(H,15,17). The quantitative estimate of drug-likeness (QED) is 0.822. The van der Waals surface area contributed by atoms with E-state index in [9.17, 15) is 9.59 Å². The van der Waals surface area contributed by atoms with E-state index in [4.69, 9.17) is 0 Å². The first-order chi connectivity index (χ1) is 8.17. The second-order valence-corrected chi connectivity index (χ2v) is 4.02. The van der Waals surface area contributed by atoms with E-state index in [1.165, 1.54) is 0 Å². The van der Waals surface area contributed by atoms with Crippen molar-refractivity contribution in [2.45, 2.75) is 26.7 Å². The zero-order valence-electron chi connectivity index (χ0n) is 10.0. The van der Waals surface area contributed by atoms with Gasteiger partial charge in [0, 0.05) is 17.5 Å². The van der Waals surface area contributed by atoms with Crippen LogP contribution in [0.4, 0.5) is 0 Å². The van der Waals surface area contributed by atoms with E-state index in [2.05, 4.69) is 4.98 Å². The first-order valence-electron chi connectivity index (χ1n) is 5.85. The number of carbonyl (C=O) groups is 1. The van der Waals surface area contributed by atoms with Crippen molar-refractivity contribution in [3.8, 4) is 0 Å². The summed E-state index contributed by atoms with van der Waals surface area (Å²) in [5.74, 6) is 0.0514. The van der Waals surface area contributed by atoms with E-state index in [-0.39, 0.29) is 11.3 Å². The predicted octanol–water partition coefficient (Wildman–Crippen LogP) is 2.68. The number of H-pyrrole nitrogens is 1. The van der Waals surface area contributed by atoms with E-state index in [0.29, 0.717) is 23.9 Å². The molecular weight excluding hydrogens is 214 g/mol. The third kappa shape index (κ3) is 2.00. The first kappa shape index (κ1) is 11.6. The molecular formula is C14H15NO2. The Morgan fingerprint density at radius 3 is 2.71 bits per heavy atom. The maximum absolute atomic E-state index is 11.8. The van der Waals surface area contributed by atoms with E-state index in [0.717, 1.165) is 10.9 Å². The third-order valence-electron chi connectivity index (χ3n) is 2.96. The summed E-state index contributed by atoms with van der Waals surface area (Å²) >= 11 is 0. The number of nitrogens with one attached hydrogen (secondary N) is 1. The molecule has 0 unspecified atom stereocenters. The number of Topliss-reactive ketones (excluding diaryl/α,β-unsaturated/α-hetero) is 1. The molecule has 0 aliphatic rings. The number of hydrogen-bond acceptors (Lipinski definition) is 2. The van der Waals surface area contributed by atoms with Gasteiger partial charge >= 0.3 is 0 Å². The average Bonchev–Trinajstić information content (AvgIpc) is 2.36. The maximum atomic E-state index is 11.8. The summed E-state index contributed by atoms with van der Waals surface area (Å²) in [4.78, 5) is 26.3. The van der Waals surface area contributed by atoms with Gasteiger partial charge in [-0.25, -0.2) is 0 Å². The lowest BCUT2D eigenvalue weighted by atomic mass is 10.0. The molecule has 17 heavy (non-hydrogen) atoms. The highest BCUT2D eigenvalue weighted by molar-refractivity contribution is 6.06. The normalized spacial score (nSPS) is 10.7. The van der Waals surface area contributed by atoms with Gasteiger partial charge in [-0.2, -0.15) is 0 Å². The van der Waals surface area contributed by atoms with Crippen molar-refractivity contribution in [1.82, 2.24) is 4.98 Å². The molecule has 1 aromatic carbocycles. The molecule has 0 atom stereocenters. The van der Waals surface area contributed by atoms with Gasteiger partial charge in [0.15, 0.2) is 5.78 Å². The average molecular weight is 229 g/mol. The van der Waals surface area contributed by atoms with Gasteiger partial charge in [0.25, 0.3) is 5.56 Å². The SMILES string of the molecule is CCC(=O)c1cccc2cc(CC)c(=O)[nH]c12. The van der Waals surface area contributed by atoms with Crippen molar-refractivity contribution in [3.05, 3.63) is 45.7 Å². The summed E-state index contributed by atoms with van der Waals surface area (Å²) in [7, 11) is 0. The smallest absolute Gasteiger partial charge is 0.251 e. The Morgan fingerprint density at radius 2 is 2.06 bits per heavy atom. The molecule has 0 saturated heterocycles. The number of aromatic amines is 1. The number of benzene rings is 1. The van der Waals surface area contributed by atoms with Gasteiger partial charge in [0.1, 0.15) is 0 Å². The molecule has 3 nitrogen and oxygen atoms in total. The molecule has 0 spiro atoms. The number of pyridine rings is 1. The van der Waals surface area contributed by atoms with Crippen LogP contribution in [0.15, 0.2) is 29.1 Å². The predicted molar refractivity (Wildman–Crippen MR) is 68.6 cm³/mol. The van der Waals surface area contributed by atoms with Gasteiger partial charge in [-0.15, -0.1) is 0 Å². The fourth-order valence-electron chi connectivity index (χ4n) is 1.96. The van der Waals surface area contributed by atoms with Crippen LogP contribution < -0.4 is 5.56 Å². The lowest BCUT2D eigenvalue weighted by molar-refractivity contribution is 0.0989. The summed E-state index contributed by atoms with van der Waals surface area (Å²) in [5, 5.41) is 0.917. The minimum Gasteiger partial charge on any atom is -0.321 e. The van der Waals surface area contributed by atoms with Crippen LogP contribution in [0.5, 0.6) is 0 Å². The van der Waals surface area contributed by atoms with Gasteiger partial charge in [0.05, 0.1) is 5.52 Å². The molecule has 0 amide bonds. The lowest BCUT2D eigenvalue weighted by Gasteiger charge is -2.05. The second kappa shape index (κ2) is 4.53. The highest BCUT2D eigenvalue weighted by atomic mass is 16.1. The van der Waals surface area contributed by atoms with Crippen molar-refractivity contribution in [1.29, 1.82) is 0 Å². The topological polar surface area (TPSA) is 49.9 Å². The van der Waals surface area contributed by atoms with Gasteiger partial charge in [-0.3, -0.25) is 9.59 Å². The molecule has 2 aromatic rings. The Balaban J connectivity index is 2.77. The number of aromatic nitrogens is 1. The lowest BCUT2D eigenvalue weighted by Crippen LogP contribution is -2.13. The van der Waals surface area contributed by atoms with Gasteiger partial charge in [0.2, 0.25) is 0 Å². The van der Waals surface area contributed by atoms with Crippen LogP contribution in [0.25, 0.3) is 10.9 Å². The Labute approximate surface area is 99.5 Å². The Morgan fingerprint density at radius 1 is 1.29 bits per heavy atom. The Kier molecular flexibility index (Phi) is 3.09. The van der Waals surface area contributed by atoms with Crippen molar-refractivity contribution < 1.29 is 4.79 Å². The fourth-order valence-corrected chi connectivity index (χ4v) is 1.96. The highest BCUT2D eigenvalue weighted by Gasteiger charge is 2.09. The van der Waals surface area contributed by atoms with E-state index in [1.54, 1.807) is 6.07 Å². The highest BCUT2D eigenvalue weighted by Crippen LogP contribution is 2.17. The molecule has 0 bridgehead atoms. The van der Waals surface area contributed by atoms with E-state index < -0.39 is 0 Å². The summed E-state index contributed by atoms with van der Waals surface area (Å²) in [6, 6.07) is 7.39. The molecule has 0 aliphatic heterocycles. The van der Waals surface area contributed by atoms with Gasteiger partial charge in [-0.1, -0.05) is 26.0 Å². The van der Waals surface area contributed by atoms with Crippen LogP contribution in [0.3, 0.4) is 0 Å². The fraction of sp³-hybridized carbons (Fsp3) is 0.286. The number of hydrogen-bond donors (Lipinski definition) is 1. The molecule has 2 rings (SSSR count). The van der Waals surface area contributed by atoms with E-state index >= 15 is 0 Å². The number of para-hydroxylation sites is 1. The first-order valence-corrected chi connectivity index (χ1v) is 5.85. The molecule has 88 valence electrons. The monoisotopic (exact) mass is 229 g/mol. The largest absolute Gasteiger partial charge is 0.321 e. The number of ketones is 1. The minimum atomic E-state index is -0.101. The van der Waals surface area contributed by atoms with Crippen LogP contribution >= 0.6 is 0 Å². The third-order valence-corrected chi connectivity index (χ3v) is 2.96. The van der Waals surface area contributed by atoms with Crippen LogP contribution in [0.2, 0.25) is 0 Å². The number of fused-ring (bicyclic) bond motifs is 1. The molecule has 1 aromatic heterocycles. The van der Waals surface area contributed by atoms with Crippen molar-refractivity contribution in [3.63, 3.8) is 0 Å². The van der Waals surface area contributed by atoms with Crippen LogP contribution in [0, 0.1) is 0 Å². The zero-order chi connectivity index (χ0) is 12.4. The molecule has 0 aliphatic carbocycles. The second-order valence-electron chi connectivity index (χ2n) is 4.02.